The van der Waals surface area contributed by atoms with Crippen molar-refractivity contribution in [3.05, 3.63) is 88.0 Å². The maximum atomic E-state index is 11.6. The number of likely N-dealkylation sites (tertiary alicyclic amines) is 1. The zero-order chi connectivity index (χ0) is 23.4. The maximum Gasteiger partial charge on any atom is 0.323 e. The Morgan fingerprint density at radius 3 is 2.67 bits per heavy atom. The lowest BCUT2D eigenvalue weighted by Crippen LogP contribution is -2.52. The summed E-state index contributed by atoms with van der Waals surface area (Å²) in [5.41, 5.74) is 7.80. The summed E-state index contributed by atoms with van der Waals surface area (Å²) in [6.45, 7) is 5.35. The van der Waals surface area contributed by atoms with E-state index < -0.39 is 18.1 Å². The van der Waals surface area contributed by atoms with Crippen LogP contribution in [-0.4, -0.2) is 39.8 Å². The monoisotopic (exact) mass is 441 g/mol. The predicted octanol–water partition coefficient (Wildman–Crippen LogP) is 4.85. The Kier molecular flexibility index (Phi) is 7.13. The van der Waals surface area contributed by atoms with Crippen molar-refractivity contribution in [3.63, 3.8) is 0 Å². The molecule has 0 bridgehead atoms. The number of carbonyl (C=O) groups is 1. The van der Waals surface area contributed by atoms with E-state index >= 15 is 0 Å². The molecule has 4 heteroatoms. The van der Waals surface area contributed by atoms with E-state index in [1.54, 1.807) is 0 Å². The molecular formula is C29H31NO3. The fourth-order valence-electron chi connectivity index (χ4n) is 4.77. The molecule has 2 aromatic rings. The zero-order valence-electron chi connectivity index (χ0n) is 19.3. The van der Waals surface area contributed by atoms with E-state index in [0.29, 0.717) is 19.5 Å². The number of aliphatic hydroxyl groups is 1. The highest BCUT2D eigenvalue weighted by Crippen LogP contribution is 2.26. The first-order chi connectivity index (χ1) is 15.9. The van der Waals surface area contributed by atoms with Crippen LogP contribution in [0.4, 0.5) is 0 Å². The number of aliphatic carboxylic acids is 1. The molecule has 2 atom stereocenters. The van der Waals surface area contributed by atoms with Crippen LogP contribution in [-0.2, 0) is 11.3 Å². The minimum Gasteiger partial charge on any atom is -0.480 e. The van der Waals surface area contributed by atoms with Crippen LogP contribution in [0.15, 0.2) is 54.6 Å². The molecule has 1 saturated heterocycles. The minimum absolute atomic E-state index is 0.506. The number of carboxylic acid groups (broad SMARTS) is 1. The van der Waals surface area contributed by atoms with Gasteiger partial charge in [-0.15, -0.1) is 0 Å². The normalized spacial score (nSPS) is 20.6. The van der Waals surface area contributed by atoms with Crippen molar-refractivity contribution in [2.45, 2.75) is 58.2 Å². The number of hydrogen-bond acceptors (Lipinski definition) is 3. The SMILES string of the molecule is Cc1cc(CN2CCCC(O)C2C(=O)O)ccc1C#Cc1cccc(C2=CCCC=C2)c1C. The summed E-state index contributed by atoms with van der Waals surface area (Å²) in [7, 11) is 0. The fourth-order valence-corrected chi connectivity index (χ4v) is 4.77. The van der Waals surface area contributed by atoms with Gasteiger partial charge in [-0.05, 0) is 86.0 Å². The zero-order valence-corrected chi connectivity index (χ0v) is 19.3. The highest BCUT2D eigenvalue weighted by molar-refractivity contribution is 5.78. The molecule has 4 rings (SSSR count). The molecule has 0 radical (unpaired) electrons. The summed E-state index contributed by atoms with van der Waals surface area (Å²) in [5, 5.41) is 19.7. The van der Waals surface area contributed by atoms with E-state index in [2.05, 4.69) is 61.3 Å². The van der Waals surface area contributed by atoms with E-state index in [1.165, 1.54) is 16.7 Å². The second-order valence-electron chi connectivity index (χ2n) is 8.98. The Bertz CT molecular complexity index is 1170. The van der Waals surface area contributed by atoms with Gasteiger partial charge in [-0.1, -0.05) is 54.3 Å². The molecule has 170 valence electrons. The molecule has 2 aromatic carbocycles. The van der Waals surface area contributed by atoms with E-state index in [9.17, 15) is 15.0 Å². The predicted molar refractivity (Wildman–Crippen MR) is 132 cm³/mol. The highest BCUT2D eigenvalue weighted by Gasteiger charge is 2.35. The smallest absolute Gasteiger partial charge is 0.323 e. The van der Waals surface area contributed by atoms with Gasteiger partial charge in [-0.3, -0.25) is 9.69 Å². The maximum absolute atomic E-state index is 11.6. The molecule has 1 fully saturated rings. The first kappa shape index (κ1) is 23.0. The number of benzene rings is 2. The van der Waals surface area contributed by atoms with Crippen molar-refractivity contribution in [2.24, 2.45) is 0 Å². The van der Waals surface area contributed by atoms with E-state index in [-0.39, 0.29) is 0 Å². The second-order valence-corrected chi connectivity index (χ2v) is 8.98. The topological polar surface area (TPSA) is 60.8 Å². The molecule has 1 aliphatic heterocycles. The van der Waals surface area contributed by atoms with Crippen LogP contribution >= 0.6 is 0 Å². The number of aliphatic hydroxyl groups excluding tert-OH is 1. The van der Waals surface area contributed by atoms with Crippen molar-refractivity contribution < 1.29 is 15.0 Å². The summed E-state index contributed by atoms with van der Waals surface area (Å²) in [6.07, 6.45) is 9.42. The largest absolute Gasteiger partial charge is 0.480 e. The molecular weight excluding hydrogens is 410 g/mol. The van der Waals surface area contributed by atoms with Crippen LogP contribution in [0.3, 0.4) is 0 Å². The van der Waals surface area contributed by atoms with Gasteiger partial charge in [0.2, 0.25) is 0 Å². The third-order valence-corrected chi connectivity index (χ3v) is 6.60. The first-order valence-electron chi connectivity index (χ1n) is 11.7. The Hall–Kier alpha value is -3.13. The summed E-state index contributed by atoms with van der Waals surface area (Å²) >= 11 is 0. The number of allylic oxidation sites excluding steroid dienone is 4. The van der Waals surface area contributed by atoms with Crippen LogP contribution in [0, 0.1) is 25.7 Å². The number of rotatable bonds is 4. The van der Waals surface area contributed by atoms with Gasteiger partial charge in [0, 0.05) is 17.7 Å². The Morgan fingerprint density at radius 2 is 1.94 bits per heavy atom. The average molecular weight is 442 g/mol. The standard InChI is InChI=1S/C29H31NO3/c1-20-18-22(19-30-17-7-12-27(31)28(30)29(32)33)13-14-23(20)15-16-24-10-6-11-26(21(24)2)25-8-4-3-5-9-25/h4,6,8-11,13-14,18,27-28,31H,3,5,7,12,17,19H2,1-2H3,(H,32,33). The lowest BCUT2D eigenvalue weighted by Gasteiger charge is -2.36. The Balaban J connectivity index is 1.53. The highest BCUT2D eigenvalue weighted by atomic mass is 16.4. The van der Waals surface area contributed by atoms with Gasteiger partial charge in [-0.2, -0.15) is 0 Å². The van der Waals surface area contributed by atoms with Crippen molar-refractivity contribution in [2.75, 3.05) is 6.54 Å². The molecule has 4 nitrogen and oxygen atoms in total. The van der Waals surface area contributed by atoms with Gasteiger partial charge < -0.3 is 10.2 Å². The number of carboxylic acids is 1. The molecule has 2 aliphatic rings. The number of aryl methyl sites for hydroxylation is 1. The van der Waals surface area contributed by atoms with Crippen LogP contribution < -0.4 is 0 Å². The van der Waals surface area contributed by atoms with Crippen LogP contribution in [0.25, 0.3) is 5.57 Å². The molecule has 0 amide bonds. The van der Waals surface area contributed by atoms with E-state index in [0.717, 1.165) is 41.5 Å². The molecule has 0 saturated carbocycles. The van der Waals surface area contributed by atoms with E-state index in [4.69, 9.17) is 0 Å². The molecule has 2 N–H and O–H groups in total. The minimum atomic E-state index is -0.960. The van der Waals surface area contributed by atoms with Gasteiger partial charge in [0.15, 0.2) is 0 Å². The summed E-state index contributed by atoms with van der Waals surface area (Å²) in [6, 6.07) is 11.5. The third-order valence-electron chi connectivity index (χ3n) is 6.60. The van der Waals surface area contributed by atoms with Crippen molar-refractivity contribution in [1.82, 2.24) is 4.90 Å². The van der Waals surface area contributed by atoms with Crippen LogP contribution in [0.5, 0.6) is 0 Å². The van der Waals surface area contributed by atoms with Gasteiger partial charge in [0.1, 0.15) is 6.04 Å². The van der Waals surface area contributed by atoms with Crippen molar-refractivity contribution >= 4 is 11.5 Å². The summed E-state index contributed by atoms with van der Waals surface area (Å²) in [4.78, 5) is 13.5. The quantitative estimate of drug-likeness (QED) is 0.666. The lowest BCUT2D eigenvalue weighted by molar-refractivity contribution is -0.150. The third kappa shape index (κ3) is 5.27. The van der Waals surface area contributed by atoms with Crippen LogP contribution in [0.2, 0.25) is 0 Å². The first-order valence-corrected chi connectivity index (χ1v) is 11.7. The fraction of sp³-hybridized carbons (Fsp3) is 0.345. The number of nitrogens with zero attached hydrogens (tertiary/aromatic N) is 1. The van der Waals surface area contributed by atoms with Crippen LogP contribution in [0.1, 0.15) is 59.1 Å². The van der Waals surface area contributed by atoms with Gasteiger partial charge >= 0.3 is 5.97 Å². The molecule has 2 unspecified atom stereocenters. The molecule has 0 spiro atoms. The Labute approximate surface area is 196 Å². The number of piperidine rings is 1. The molecule has 0 aromatic heterocycles. The molecule has 1 heterocycles. The molecule has 33 heavy (non-hydrogen) atoms. The van der Waals surface area contributed by atoms with Gasteiger partial charge in [0.25, 0.3) is 0 Å². The summed E-state index contributed by atoms with van der Waals surface area (Å²) < 4.78 is 0. The van der Waals surface area contributed by atoms with E-state index in [1.807, 2.05) is 24.0 Å². The Morgan fingerprint density at radius 1 is 1.12 bits per heavy atom. The second kappa shape index (κ2) is 10.2. The lowest BCUT2D eigenvalue weighted by atomic mass is 9.93. The van der Waals surface area contributed by atoms with Gasteiger partial charge in [0.05, 0.1) is 6.10 Å². The average Bonchev–Trinajstić information content (AvgIpc) is 2.80. The van der Waals surface area contributed by atoms with Crippen molar-refractivity contribution in [3.8, 4) is 11.8 Å². The summed E-state index contributed by atoms with van der Waals surface area (Å²) in [5.74, 6) is 5.73. The molecule has 1 aliphatic carbocycles. The van der Waals surface area contributed by atoms with Crippen molar-refractivity contribution in [1.29, 1.82) is 0 Å². The number of hydrogen-bond donors (Lipinski definition) is 2. The van der Waals surface area contributed by atoms with Gasteiger partial charge in [-0.25, -0.2) is 0 Å².